The van der Waals surface area contributed by atoms with E-state index in [0.717, 1.165) is 25.4 Å². The van der Waals surface area contributed by atoms with Gasteiger partial charge in [0.1, 0.15) is 5.76 Å². The number of Topliss-reactive ketones (excluding diaryl/α,β-unsaturated/α-hetero) is 1. The minimum Gasteiger partial charge on any atom is -0.468 e. The van der Waals surface area contributed by atoms with Crippen LogP contribution in [-0.2, 0) is 6.54 Å². The standard InChI is InChI=1S/C13H13Br2NO2S/c1-2-16(7-9-4-3-5-18-9)8-11(17)10-6-12(14)19-13(10)15/h3-6H,2,7-8H2,1H3. The van der Waals surface area contributed by atoms with E-state index in [-0.39, 0.29) is 5.78 Å². The second-order valence-corrected chi connectivity index (χ2v) is 7.79. The van der Waals surface area contributed by atoms with Crippen LogP contribution in [0.25, 0.3) is 0 Å². The average molecular weight is 407 g/mol. The van der Waals surface area contributed by atoms with Gasteiger partial charge in [0.15, 0.2) is 5.78 Å². The summed E-state index contributed by atoms with van der Waals surface area (Å²) in [5.41, 5.74) is 0.731. The molecule has 2 aromatic rings. The third kappa shape index (κ3) is 4.02. The highest BCUT2D eigenvalue weighted by Gasteiger charge is 2.17. The second-order valence-electron chi connectivity index (χ2n) is 4.04. The van der Waals surface area contributed by atoms with Crippen molar-refractivity contribution in [3.05, 3.63) is 43.4 Å². The summed E-state index contributed by atoms with van der Waals surface area (Å²) in [5, 5.41) is 0. The molecule has 0 atom stereocenters. The largest absolute Gasteiger partial charge is 0.468 e. The zero-order valence-electron chi connectivity index (χ0n) is 10.4. The molecule has 0 aliphatic carbocycles. The molecule has 2 aromatic heterocycles. The van der Waals surface area contributed by atoms with Crippen molar-refractivity contribution in [3.8, 4) is 0 Å². The number of likely N-dealkylation sites (N-methyl/N-ethyl adjacent to an activating group) is 1. The van der Waals surface area contributed by atoms with Crippen LogP contribution in [0, 0.1) is 0 Å². The highest BCUT2D eigenvalue weighted by molar-refractivity contribution is 9.12. The van der Waals surface area contributed by atoms with Crippen LogP contribution in [0.3, 0.4) is 0 Å². The maximum atomic E-state index is 12.3. The zero-order valence-corrected chi connectivity index (χ0v) is 14.3. The maximum absolute atomic E-state index is 12.3. The number of carbonyl (C=O) groups is 1. The van der Waals surface area contributed by atoms with E-state index in [2.05, 4.69) is 36.8 Å². The lowest BCUT2D eigenvalue weighted by molar-refractivity contribution is 0.0924. The van der Waals surface area contributed by atoms with Crippen LogP contribution in [0.5, 0.6) is 0 Å². The monoisotopic (exact) mass is 405 g/mol. The molecule has 0 amide bonds. The lowest BCUT2D eigenvalue weighted by Crippen LogP contribution is -2.29. The molecule has 0 spiro atoms. The number of nitrogens with zero attached hydrogens (tertiary/aromatic N) is 1. The first kappa shape index (κ1) is 15.0. The van der Waals surface area contributed by atoms with Gasteiger partial charge in [0.25, 0.3) is 0 Å². The molecule has 0 aliphatic heterocycles. The highest BCUT2D eigenvalue weighted by Crippen LogP contribution is 2.32. The Morgan fingerprint density at radius 2 is 2.26 bits per heavy atom. The number of hydrogen-bond acceptors (Lipinski definition) is 4. The number of carbonyl (C=O) groups excluding carboxylic acids is 1. The van der Waals surface area contributed by atoms with Gasteiger partial charge < -0.3 is 4.42 Å². The van der Waals surface area contributed by atoms with Crippen molar-refractivity contribution in [3.63, 3.8) is 0 Å². The van der Waals surface area contributed by atoms with Crippen molar-refractivity contribution in [1.29, 1.82) is 0 Å². The Morgan fingerprint density at radius 3 is 2.79 bits per heavy atom. The summed E-state index contributed by atoms with van der Waals surface area (Å²) in [6.45, 7) is 3.88. The summed E-state index contributed by atoms with van der Waals surface area (Å²) >= 11 is 8.32. The summed E-state index contributed by atoms with van der Waals surface area (Å²) in [7, 11) is 0. The van der Waals surface area contributed by atoms with E-state index in [1.807, 2.05) is 25.1 Å². The Bertz CT molecular complexity index is 551. The molecule has 3 nitrogen and oxygen atoms in total. The molecular weight excluding hydrogens is 394 g/mol. The minimum absolute atomic E-state index is 0.113. The van der Waals surface area contributed by atoms with Crippen LogP contribution in [0.1, 0.15) is 23.0 Å². The van der Waals surface area contributed by atoms with Gasteiger partial charge >= 0.3 is 0 Å². The summed E-state index contributed by atoms with van der Waals surface area (Å²) < 4.78 is 7.14. The molecule has 0 unspecified atom stereocenters. The summed E-state index contributed by atoms with van der Waals surface area (Å²) in [6.07, 6.45) is 1.65. The molecule has 19 heavy (non-hydrogen) atoms. The first-order valence-electron chi connectivity index (χ1n) is 5.83. The van der Waals surface area contributed by atoms with Gasteiger partial charge in [-0.2, -0.15) is 0 Å². The number of thiophene rings is 1. The van der Waals surface area contributed by atoms with E-state index in [1.54, 1.807) is 6.26 Å². The molecule has 2 heterocycles. The van der Waals surface area contributed by atoms with Gasteiger partial charge in [-0.1, -0.05) is 6.92 Å². The van der Waals surface area contributed by atoms with Crippen LogP contribution >= 0.6 is 43.2 Å². The molecule has 0 saturated heterocycles. The van der Waals surface area contributed by atoms with Crippen molar-refractivity contribution < 1.29 is 9.21 Å². The maximum Gasteiger partial charge on any atom is 0.178 e. The molecule has 2 rings (SSSR count). The van der Waals surface area contributed by atoms with Crippen molar-refractivity contribution >= 4 is 49.0 Å². The number of halogens is 2. The molecule has 102 valence electrons. The van der Waals surface area contributed by atoms with Gasteiger partial charge in [0.05, 0.1) is 26.9 Å². The zero-order chi connectivity index (χ0) is 13.8. The summed E-state index contributed by atoms with van der Waals surface area (Å²) in [5.74, 6) is 0.988. The predicted octanol–water partition coefficient (Wildman–Crippen LogP) is 4.57. The van der Waals surface area contributed by atoms with Crippen LogP contribution in [0.2, 0.25) is 0 Å². The molecule has 0 fully saturated rings. The van der Waals surface area contributed by atoms with E-state index in [0.29, 0.717) is 13.1 Å². The Kier molecular flexibility index (Phi) is 5.38. The molecule has 0 aromatic carbocycles. The quantitative estimate of drug-likeness (QED) is 0.658. The fourth-order valence-corrected chi connectivity index (χ4v) is 4.58. The van der Waals surface area contributed by atoms with Crippen molar-refractivity contribution in [2.75, 3.05) is 13.1 Å². The Labute approximate surface area is 132 Å². The topological polar surface area (TPSA) is 33.5 Å². The fourth-order valence-electron chi connectivity index (χ4n) is 1.72. The SMILES string of the molecule is CCN(CC(=O)c1cc(Br)sc1Br)Cc1ccco1. The molecule has 0 bridgehead atoms. The highest BCUT2D eigenvalue weighted by atomic mass is 79.9. The lowest BCUT2D eigenvalue weighted by Gasteiger charge is -2.17. The average Bonchev–Trinajstić information content (AvgIpc) is 2.98. The van der Waals surface area contributed by atoms with Crippen LogP contribution in [0.4, 0.5) is 0 Å². The van der Waals surface area contributed by atoms with E-state index in [1.165, 1.54) is 11.3 Å². The molecule has 0 radical (unpaired) electrons. The number of furan rings is 1. The predicted molar refractivity (Wildman–Crippen MR) is 83.7 cm³/mol. The Morgan fingerprint density at radius 1 is 1.47 bits per heavy atom. The van der Waals surface area contributed by atoms with Crippen molar-refractivity contribution in [2.45, 2.75) is 13.5 Å². The second kappa shape index (κ2) is 6.83. The van der Waals surface area contributed by atoms with Gasteiger partial charge in [-0.05, 0) is 56.6 Å². The molecule has 6 heteroatoms. The van der Waals surface area contributed by atoms with Gasteiger partial charge in [0, 0.05) is 5.56 Å². The van der Waals surface area contributed by atoms with Gasteiger partial charge in [-0.25, -0.2) is 0 Å². The first-order chi connectivity index (χ1) is 9.10. The molecule has 0 aliphatic rings. The molecule has 0 N–H and O–H groups in total. The van der Waals surface area contributed by atoms with Crippen molar-refractivity contribution in [2.24, 2.45) is 0 Å². The van der Waals surface area contributed by atoms with Gasteiger partial charge in [0.2, 0.25) is 0 Å². The number of ketones is 1. The Balaban J connectivity index is 2.02. The van der Waals surface area contributed by atoms with E-state index >= 15 is 0 Å². The molecule has 0 saturated carbocycles. The van der Waals surface area contributed by atoms with Gasteiger partial charge in [-0.15, -0.1) is 11.3 Å². The summed E-state index contributed by atoms with van der Waals surface area (Å²) in [6, 6.07) is 5.64. The lowest BCUT2D eigenvalue weighted by atomic mass is 10.2. The van der Waals surface area contributed by atoms with Crippen LogP contribution in [-0.4, -0.2) is 23.8 Å². The van der Waals surface area contributed by atoms with E-state index in [4.69, 9.17) is 4.42 Å². The van der Waals surface area contributed by atoms with Gasteiger partial charge in [-0.3, -0.25) is 9.69 Å². The fraction of sp³-hybridized carbons (Fsp3) is 0.308. The number of hydrogen-bond donors (Lipinski definition) is 0. The third-order valence-corrected chi connectivity index (χ3v) is 5.07. The normalized spacial score (nSPS) is 11.2. The van der Waals surface area contributed by atoms with Crippen LogP contribution < -0.4 is 0 Å². The summed E-state index contributed by atoms with van der Waals surface area (Å²) in [4.78, 5) is 14.3. The minimum atomic E-state index is 0.113. The van der Waals surface area contributed by atoms with Crippen LogP contribution in [0.15, 0.2) is 36.5 Å². The van der Waals surface area contributed by atoms with Crippen molar-refractivity contribution in [1.82, 2.24) is 4.90 Å². The smallest absolute Gasteiger partial charge is 0.178 e. The molecular formula is C13H13Br2NO2S. The Hall–Kier alpha value is -0.430. The first-order valence-corrected chi connectivity index (χ1v) is 8.23. The van der Waals surface area contributed by atoms with E-state index in [9.17, 15) is 4.79 Å². The van der Waals surface area contributed by atoms with E-state index < -0.39 is 0 Å². The third-order valence-electron chi connectivity index (χ3n) is 2.73. The number of rotatable bonds is 6.